The molecule has 2 aliphatic rings. The number of benzene rings is 1. The zero-order chi connectivity index (χ0) is 13.1. The van der Waals surface area contributed by atoms with E-state index in [1.165, 1.54) is 24.1 Å². The lowest BCUT2D eigenvalue weighted by atomic mass is 10.1. The largest absolute Gasteiger partial charge is 0.384 e. The Hall–Kier alpha value is -1.06. The van der Waals surface area contributed by atoms with Crippen molar-refractivity contribution in [1.29, 1.82) is 0 Å². The Morgan fingerprint density at radius 3 is 2.95 bits per heavy atom. The molecule has 1 saturated carbocycles. The Bertz CT molecular complexity index is 417. The standard InChI is InChI=1S/C16H24N2O/c1-19-11-8-14-4-2-3-5-16(14)18-10-9-17-15(12-18)13-6-7-13/h2-5,13,15,17H,6-12H2,1H3. The fourth-order valence-corrected chi connectivity index (χ4v) is 3.05. The van der Waals surface area contributed by atoms with Crippen LogP contribution in [-0.4, -0.2) is 39.4 Å². The molecule has 0 aromatic heterocycles. The van der Waals surface area contributed by atoms with Gasteiger partial charge >= 0.3 is 0 Å². The summed E-state index contributed by atoms with van der Waals surface area (Å²) in [7, 11) is 1.77. The van der Waals surface area contributed by atoms with Crippen molar-refractivity contribution in [2.24, 2.45) is 5.92 Å². The molecule has 3 nitrogen and oxygen atoms in total. The summed E-state index contributed by atoms with van der Waals surface area (Å²) in [5.41, 5.74) is 2.83. The highest BCUT2D eigenvalue weighted by molar-refractivity contribution is 5.54. The highest BCUT2D eigenvalue weighted by Crippen LogP contribution is 2.34. The second-order valence-corrected chi connectivity index (χ2v) is 5.72. The monoisotopic (exact) mass is 260 g/mol. The first-order chi connectivity index (χ1) is 9.38. The van der Waals surface area contributed by atoms with Gasteiger partial charge in [0, 0.05) is 38.5 Å². The summed E-state index contributed by atoms with van der Waals surface area (Å²) in [6, 6.07) is 9.49. The molecule has 1 heterocycles. The fraction of sp³-hybridized carbons (Fsp3) is 0.625. The van der Waals surface area contributed by atoms with E-state index in [1.807, 2.05) is 0 Å². The number of nitrogens with one attached hydrogen (secondary N) is 1. The van der Waals surface area contributed by atoms with Gasteiger partial charge < -0.3 is 15.0 Å². The molecule has 1 saturated heterocycles. The van der Waals surface area contributed by atoms with E-state index in [4.69, 9.17) is 4.74 Å². The van der Waals surface area contributed by atoms with Crippen LogP contribution in [0, 0.1) is 5.92 Å². The maximum Gasteiger partial charge on any atom is 0.0503 e. The molecule has 1 aromatic rings. The molecule has 1 atom stereocenters. The molecule has 3 heteroatoms. The normalized spacial score (nSPS) is 23.6. The van der Waals surface area contributed by atoms with Crippen molar-refractivity contribution in [1.82, 2.24) is 5.32 Å². The Morgan fingerprint density at radius 2 is 2.16 bits per heavy atom. The van der Waals surface area contributed by atoms with Crippen LogP contribution in [0.1, 0.15) is 18.4 Å². The third-order valence-corrected chi connectivity index (χ3v) is 4.30. The fourth-order valence-electron chi connectivity index (χ4n) is 3.05. The third-order valence-electron chi connectivity index (χ3n) is 4.30. The number of hydrogen-bond donors (Lipinski definition) is 1. The van der Waals surface area contributed by atoms with Gasteiger partial charge in [0.2, 0.25) is 0 Å². The van der Waals surface area contributed by atoms with Gasteiger partial charge in [-0.05, 0) is 36.8 Å². The van der Waals surface area contributed by atoms with Crippen LogP contribution in [0.2, 0.25) is 0 Å². The molecule has 1 aromatic carbocycles. The molecule has 1 aliphatic carbocycles. The number of nitrogens with zero attached hydrogens (tertiary/aromatic N) is 1. The Labute approximate surface area is 115 Å². The van der Waals surface area contributed by atoms with Crippen LogP contribution in [0.15, 0.2) is 24.3 Å². The quantitative estimate of drug-likeness (QED) is 0.877. The van der Waals surface area contributed by atoms with Gasteiger partial charge in [-0.1, -0.05) is 18.2 Å². The smallest absolute Gasteiger partial charge is 0.0503 e. The number of para-hydroxylation sites is 1. The Kier molecular flexibility index (Phi) is 4.04. The first-order valence-electron chi connectivity index (χ1n) is 7.43. The second-order valence-electron chi connectivity index (χ2n) is 5.72. The minimum atomic E-state index is 0.698. The maximum absolute atomic E-state index is 5.23. The SMILES string of the molecule is COCCc1ccccc1N1CCNC(C2CC2)C1. The second kappa shape index (κ2) is 5.93. The maximum atomic E-state index is 5.23. The summed E-state index contributed by atoms with van der Waals surface area (Å²) in [6.45, 7) is 4.19. The topological polar surface area (TPSA) is 24.5 Å². The molecule has 0 spiro atoms. The summed E-state index contributed by atoms with van der Waals surface area (Å²) in [4.78, 5) is 2.56. The van der Waals surface area contributed by atoms with Gasteiger partial charge in [-0.2, -0.15) is 0 Å². The summed E-state index contributed by atoms with van der Waals surface area (Å²) in [5.74, 6) is 0.925. The molecular formula is C16H24N2O. The minimum Gasteiger partial charge on any atom is -0.384 e. The van der Waals surface area contributed by atoms with Crippen molar-refractivity contribution in [3.05, 3.63) is 29.8 Å². The van der Waals surface area contributed by atoms with Crippen molar-refractivity contribution >= 4 is 5.69 Å². The van der Waals surface area contributed by atoms with Crippen LogP contribution in [0.5, 0.6) is 0 Å². The van der Waals surface area contributed by atoms with Crippen LogP contribution >= 0.6 is 0 Å². The molecule has 1 N–H and O–H groups in total. The lowest BCUT2D eigenvalue weighted by Gasteiger charge is -2.36. The van der Waals surface area contributed by atoms with Crippen molar-refractivity contribution in [2.75, 3.05) is 38.3 Å². The highest BCUT2D eigenvalue weighted by atomic mass is 16.5. The lowest BCUT2D eigenvalue weighted by Crippen LogP contribution is -2.52. The number of piperazine rings is 1. The van der Waals surface area contributed by atoms with E-state index < -0.39 is 0 Å². The van der Waals surface area contributed by atoms with E-state index in [1.54, 1.807) is 7.11 Å². The van der Waals surface area contributed by atoms with Crippen molar-refractivity contribution < 1.29 is 4.74 Å². The van der Waals surface area contributed by atoms with Gasteiger partial charge in [-0.25, -0.2) is 0 Å². The lowest BCUT2D eigenvalue weighted by molar-refractivity contribution is 0.202. The molecule has 0 bridgehead atoms. The molecule has 19 heavy (non-hydrogen) atoms. The average molecular weight is 260 g/mol. The van der Waals surface area contributed by atoms with Gasteiger partial charge in [-0.15, -0.1) is 0 Å². The average Bonchev–Trinajstić information content (AvgIpc) is 3.30. The number of methoxy groups -OCH3 is 1. The first kappa shape index (κ1) is 12.9. The molecule has 3 rings (SSSR count). The van der Waals surface area contributed by atoms with E-state index in [-0.39, 0.29) is 0 Å². The molecule has 1 aliphatic heterocycles. The molecule has 2 fully saturated rings. The van der Waals surface area contributed by atoms with Crippen molar-refractivity contribution in [2.45, 2.75) is 25.3 Å². The van der Waals surface area contributed by atoms with Crippen LogP contribution < -0.4 is 10.2 Å². The third kappa shape index (κ3) is 3.10. The van der Waals surface area contributed by atoms with Crippen molar-refractivity contribution in [3.8, 4) is 0 Å². The van der Waals surface area contributed by atoms with Crippen LogP contribution in [-0.2, 0) is 11.2 Å². The van der Waals surface area contributed by atoms with Gasteiger partial charge in [0.1, 0.15) is 0 Å². The summed E-state index contributed by atoms with van der Waals surface area (Å²) < 4.78 is 5.23. The zero-order valence-electron chi connectivity index (χ0n) is 11.8. The molecule has 0 radical (unpaired) electrons. The zero-order valence-corrected chi connectivity index (χ0v) is 11.8. The van der Waals surface area contributed by atoms with E-state index in [9.17, 15) is 0 Å². The predicted molar refractivity (Wildman–Crippen MR) is 78.7 cm³/mol. The Morgan fingerprint density at radius 1 is 1.32 bits per heavy atom. The van der Waals surface area contributed by atoms with E-state index in [0.29, 0.717) is 6.04 Å². The van der Waals surface area contributed by atoms with Crippen molar-refractivity contribution in [3.63, 3.8) is 0 Å². The number of hydrogen-bond acceptors (Lipinski definition) is 3. The summed E-state index contributed by atoms with van der Waals surface area (Å²) >= 11 is 0. The van der Waals surface area contributed by atoms with E-state index >= 15 is 0 Å². The molecule has 104 valence electrons. The van der Waals surface area contributed by atoms with Crippen LogP contribution in [0.25, 0.3) is 0 Å². The minimum absolute atomic E-state index is 0.698. The van der Waals surface area contributed by atoms with Crippen LogP contribution in [0.4, 0.5) is 5.69 Å². The molecule has 0 amide bonds. The van der Waals surface area contributed by atoms with E-state index in [0.717, 1.165) is 38.6 Å². The number of anilines is 1. The number of rotatable bonds is 5. The van der Waals surface area contributed by atoms with Gasteiger partial charge in [0.25, 0.3) is 0 Å². The number of ether oxygens (including phenoxy) is 1. The summed E-state index contributed by atoms with van der Waals surface area (Å²) in [5, 5.41) is 3.68. The molecular weight excluding hydrogens is 236 g/mol. The summed E-state index contributed by atoms with van der Waals surface area (Å²) in [6.07, 6.45) is 3.83. The van der Waals surface area contributed by atoms with E-state index in [2.05, 4.69) is 34.5 Å². The van der Waals surface area contributed by atoms with Crippen LogP contribution in [0.3, 0.4) is 0 Å². The first-order valence-corrected chi connectivity index (χ1v) is 7.43. The highest BCUT2D eigenvalue weighted by Gasteiger charge is 2.34. The van der Waals surface area contributed by atoms with Gasteiger partial charge in [0.15, 0.2) is 0 Å². The van der Waals surface area contributed by atoms with Gasteiger partial charge in [0.05, 0.1) is 6.61 Å². The Balaban J connectivity index is 1.72. The molecule has 1 unspecified atom stereocenters. The van der Waals surface area contributed by atoms with Gasteiger partial charge in [-0.3, -0.25) is 0 Å². The predicted octanol–water partition coefficient (Wildman–Crippen LogP) is 2.06.